The van der Waals surface area contributed by atoms with Crippen molar-refractivity contribution >= 4 is 48.3 Å². The van der Waals surface area contributed by atoms with Gasteiger partial charge in [-0.2, -0.15) is 4.31 Å². The molecule has 1 aliphatic rings. The third kappa shape index (κ3) is 3.92. The normalized spacial score (nSPS) is 15.3. The van der Waals surface area contributed by atoms with Crippen LogP contribution in [0.3, 0.4) is 0 Å². The average Bonchev–Trinajstić information content (AvgIpc) is 3.32. The molecular weight excluding hydrogens is 448 g/mol. The third-order valence-electron chi connectivity index (χ3n) is 5.51. The van der Waals surface area contributed by atoms with E-state index in [0.29, 0.717) is 19.0 Å². The number of fused-ring (bicyclic) bond motifs is 2. The van der Waals surface area contributed by atoms with E-state index in [1.165, 1.54) is 22.0 Å². The number of hydrogen-bond acceptors (Lipinski definition) is 7. The van der Waals surface area contributed by atoms with Gasteiger partial charge in [0.1, 0.15) is 11.2 Å². The van der Waals surface area contributed by atoms with Gasteiger partial charge in [0.05, 0.1) is 10.3 Å². The lowest BCUT2D eigenvalue weighted by Gasteiger charge is -2.34. The molecule has 0 N–H and O–H groups in total. The predicted octanol–water partition coefficient (Wildman–Crippen LogP) is 2.76. The highest BCUT2D eigenvalue weighted by molar-refractivity contribution is 7.89. The molecule has 2 aromatic heterocycles. The molecule has 32 heavy (non-hydrogen) atoms. The fourth-order valence-electron chi connectivity index (χ4n) is 3.76. The molecule has 164 valence electrons. The van der Waals surface area contributed by atoms with E-state index in [0.717, 1.165) is 21.0 Å². The van der Waals surface area contributed by atoms with Crippen LogP contribution in [0.5, 0.6) is 5.88 Å². The summed E-state index contributed by atoms with van der Waals surface area (Å²) < 4.78 is 33.3. The molecule has 0 radical (unpaired) electrons. The van der Waals surface area contributed by atoms with E-state index in [1.807, 2.05) is 41.8 Å². The Morgan fingerprint density at radius 3 is 2.59 bits per heavy atom. The Balaban J connectivity index is 1.22. The number of amides is 1. The molecule has 1 fully saturated rings. The molecule has 4 aromatic rings. The number of sulfonamides is 1. The van der Waals surface area contributed by atoms with Gasteiger partial charge in [-0.3, -0.25) is 4.79 Å². The van der Waals surface area contributed by atoms with Crippen LogP contribution in [0.1, 0.15) is 0 Å². The third-order valence-corrected chi connectivity index (χ3v) is 8.22. The minimum Gasteiger partial charge on any atom is -0.467 e. The zero-order valence-corrected chi connectivity index (χ0v) is 18.7. The number of carbonyl (C=O) groups excluding carboxylic acids is 1. The number of ether oxygens (including phenoxy) is 1. The molecule has 3 heterocycles. The van der Waals surface area contributed by atoms with Gasteiger partial charge in [-0.25, -0.2) is 18.4 Å². The summed E-state index contributed by atoms with van der Waals surface area (Å²) in [6, 6.07) is 14.7. The summed E-state index contributed by atoms with van der Waals surface area (Å²) in [5.74, 6) is 0.178. The summed E-state index contributed by atoms with van der Waals surface area (Å²) in [5, 5.41) is 4.54. The van der Waals surface area contributed by atoms with Crippen LogP contribution in [-0.2, 0) is 14.8 Å². The molecule has 0 bridgehead atoms. The van der Waals surface area contributed by atoms with Gasteiger partial charge in [0, 0.05) is 26.2 Å². The van der Waals surface area contributed by atoms with Crippen molar-refractivity contribution in [2.24, 2.45) is 0 Å². The largest absolute Gasteiger partial charge is 0.467 e. The first-order valence-corrected chi connectivity index (χ1v) is 12.4. The molecule has 0 aliphatic carbocycles. The van der Waals surface area contributed by atoms with E-state index in [9.17, 15) is 13.2 Å². The topological polar surface area (TPSA) is 92.7 Å². The van der Waals surface area contributed by atoms with Crippen LogP contribution in [0.2, 0.25) is 0 Å². The van der Waals surface area contributed by atoms with Gasteiger partial charge in [-0.1, -0.05) is 30.3 Å². The second-order valence-electron chi connectivity index (χ2n) is 7.40. The summed E-state index contributed by atoms with van der Waals surface area (Å²) in [6.45, 7) is 0.949. The fraction of sp³-hybridized carbons (Fsp3) is 0.227. The second-order valence-corrected chi connectivity index (χ2v) is 10.2. The van der Waals surface area contributed by atoms with E-state index >= 15 is 0 Å². The number of nitrogens with zero attached hydrogens (tertiary/aromatic N) is 4. The SMILES string of the molecule is O=C(COc1ncnc2sccc12)N1CCN(S(=O)(=O)c2ccc3ccccc3c2)CC1. The first-order valence-electron chi connectivity index (χ1n) is 10.1. The molecule has 1 saturated heterocycles. The second kappa shape index (κ2) is 8.45. The van der Waals surface area contributed by atoms with Crippen LogP contribution in [0, 0.1) is 0 Å². The molecule has 0 atom stereocenters. The molecule has 0 unspecified atom stereocenters. The van der Waals surface area contributed by atoms with Crippen molar-refractivity contribution in [2.45, 2.75) is 4.90 Å². The van der Waals surface area contributed by atoms with Crippen LogP contribution in [0.15, 0.2) is 65.1 Å². The van der Waals surface area contributed by atoms with Crippen molar-refractivity contribution in [3.8, 4) is 5.88 Å². The van der Waals surface area contributed by atoms with Gasteiger partial charge in [-0.15, -0.1) is 11.3 Å². The van der Waals surface area contributed by atoms with Crippen LogP contribution in [-0.4, -0.2) is 66.3 Å². The monoisotopic (exact) mass is 468 g/mol. The Morgan fingerprint density at radius 2 is 1.78 bits per heavy atom. The summed E-state index contributed by atoms with van der Waals surface area (Å²) in [7, 11) is -3.63. The van der Waals surface area contributed by atoms with Crippen LogP contribution < -0.4 is 4.74 Å². The highest BCUT2D eigenvalue weighted by Crippen LogP contribution is 2.26. The minimum atomic E-state index is -3.63. The maximum Gasteiger partial charge on any atom is 0.260 e. The molecule has 1 aliphatic heterocycles. The van der Waals surface area contributed by atoms with Crippen molar-refractivity contribution in [1.82, 2.24) is 19.2 Å². The Labute approximate surface area is 189 Å². The smallest absolute Gasteiger partial charge is 0.260 e. The van der Waals surface area contributed by atoms with E-state index < -0.39 is 10.0 Å². The van der Waals surface area contributed by atoms with Gasteiger partial charge in [0.15, 0.2) is 6.61 Å². The van der Waals surface area contributed by atoms with Gasteiger partial charge >= 0.3 is 0 Å². The highest BCUT2D eigenvalue weighted by Gasteiger charge is 2.30. The van der Waals surface area contributed by atoms with Crippen LogP contribution >= 0.6 is 11.3 Å². The van der Waals surface area contributed by atoms with Crippen molar-refractivity contribution in [2.75, 3.05) is 32.8 Å². The van der Waals surface area contributed by atoms with Crippen molar-refractivity contribution < 1.29 is 17.9 Å². The summed E-state index contributed by atoms with van der Waals surface area (Å²) in [6.07, 6.45) is 1.41. The summed E-state index contributed by atoms with van der Waals surface area (Å²) in [5.41, 5.74) is 0. The van der Waals surface area contributed by atoms with Gasteiger partial charge in [0.25, 0.3) is 5.91 Å². The number of rotatable bonds is 5. The Bertz CT molecular complexity index is 1400. The molecule has 0 spiro atoms. The maximum atomic E-state index is 13.1. The zero-order chi connectivity index (χ0) is 22.1. The zero-order valence-electron chi connectivity index (χ0n) is 17.0. The number of hydrogen-bond donors (Lipinski definition) is 0. The molecule has 0 saturated carbocycles. The molecule has 10 heteroatoms. The fourth-order valence-corrected chi connectivity index (χ4v) is 5.94. The number of benzene rings is 2. The number of thiophene rings is 1. The highest BCUT2D eigenvalue weighted by atomic mass is 32.2. The minimum absolute atomic E-state index is 0.153. The Hall–Kier alpha value is -3.08. The molecule has 8 nitrogen and oxygen atoms in total. The lowest BCUT2D eigenvalue weighted by molar-refractivity contribution is -0.134. The predicted molar refractivity (Wildman–Crippen MR) is 122 cm³/mol. The lowest BCUT2D eigenvalue weighted by atomic mass is 10.1. The van der Waals surface area contributed by atoms with Crippen molar-refractivity contribution in [3.05, 3.63) is 60.2 Å². The van der Waals surface area contributed by atoms with Crippen molar-refractivity contribution in [1.29, 1.82) is 0 Å². The Kier molecular flexibility index (Phi) is 5.50. The lowest BCUT2D eigenvalue weighted by Crippen LogP contribution is -2.51. The summed E-state index contributed by atoms with van der Waals surface area (Å²) in [4.78, 5) is 23.6. The average molecular weight is 469 g/mol. The Morgan fingerprint density at radius 1 is 1.00 bits per heavy atom. The van der Waals surface area contributed by atoms with Crippen LogP contribution in [0.25, 0.3) is 21.0 Å². The van der Waals surface area contributed by atoms with Gasteiger partial charge in [0.2, 0.25) is 15.9 Å². The van der Waals surface area contributed by atoms with Gasteiger partial charge < -0.3 is 9.64 Å². The molecule has 5 rings (SSSR count). The standard InChI is InChI=1S/C22H20N4O4S2/c27-20(14-30-21-19-7-12-31-22(19)24-15-23-21)25-8-10-26(11-9-25)32(28,29)18-6-5-16-3-1-2-4-17(16)13-18/h1-7,12-13,15H,8-11,14H2. The molecular formula is C22H20N4O4S2. The van der Waals surface area contributed by atoms with Crippen LogP contribution in [0.4, 0.5) is 0 Å². The number of carbonyl (C=O) groups is 1. The van der Waals surface area contributed by atoms with Gasteiger partial charge in [-0.05, 0) is 34.4 Å². The molecule has 1 amide bonds. The molecule has 2 aromatic carbocycles. The van der Waals surface area contributed by atoms with E-state index in [-0.39, 0.29) is 30.5 Å². The maximum absolute atomic E-state index is 13.1. The first-order chi connectivity index (χ1) is 15.5. The quantitative estimate of drug-likeness (QED) is 0.447. The summed E-state index contributed by atoms with van der Waals surface area (Å²) >= 11 is 1.48. The number of piperazine rings is 1. The number of aromatic nitrogens is 2. The van der Waals surface area contributed by atoms with E-state index in [2.05, 4.69) is 9.97 Å². The first kappa shape index (κ1) is 20.8. The van der Waals surface area contributed by atoms with E-state index in [4.69, 9.17) is 4.74 Å². The van der Waals surface area contributed by atoms with E-state index in [1.54, 1.807) is 17.0 Å². The van der Waals surface area contributed by atoms with Crippen molar-refractivity contribution in [3.63, 3.8) is 0 Å².